The minimum atomic E-state index is 1.05. The van der Waals surface area contributed by atoms with Gasteiger partial charge >= 0.3 is 0 Å². The molecule has 0 aliphatic rings. The van der Waals surface area contributed by atoms with Gasteiger partial charge in [-0.2, -0.15) is 0 Å². The Hall–Kier alpha value is -0.780. The van der Waals surface area contributed by atoms with E-state index in [-0.39, 0.29) is 0 Å². The van der Waals surface area contributed by atoms with Crippen molar-refractivity contribution in [1.29, 1.82) is 0 Å². The summed E-state index contributed by atoms with van der Waals surface area (Å²) in [7, 11) is 0. The van der Waals surface area contributed by atoms with Crippen molar-refractivity contribution in [2.45, 2.75) is 33.6 Å². The van der Waals surface area contributed by atoms with Gasteiger partial charge in [0, 0.05) is 0 Å². The van der Waals surface area contributed by atoms with E-state index >= 15 is 0 Å². The molecule has 0 rings (SSSR count). The summed E-state index contributed by atoms with van der Waals surface area (Å²) < 4.78 is 0. The van der Waals surface area contributed by atoms with Gasteiger partial charge in [0.05, 0.1) is 0 Å². The van der Waals surface area contributed by atoms with Crippen LogP contribution in [0.4, 0.5) is 0 Å². The molecule has 0 radical (unpaired) electrons. The smallest absolute Gasteiger partial charge is 0.0305 e. The van der Waals surface area contributed by atoms with Crippen LogP contribution < -0.4 is 0 Å². The predicted octanol–water partition coefficient (Wildman–Crippen LogP) is 3.87. The minimum Gasteiger partial charge on any atom is -0.0956 e. The highest BCUT2D eigenvalue weighted by atomic mass is 14.0. The fraction of sp³-hybridized carbons (Fsp3) is 0.455. The zero-order valence-electron chi connectivity index (χ0n) is 7.85. The molecule has 0 aliphatic heterocycles. The second-order valence-electron chi connectivity index (χ2n) is 2.53. The Kier molecular flexibility index (Phi) is 5.54. The molecule has 0 spiro atoms. The molecule has 0 atom stereocenters. The lowest BCUT2D eigenvalue weighted by Gasteiger charge is -2.03. The molecule has 0 bridgehead atoms. The van der Waals surface area contributed by atoms with E-state index in [2.05, 4.69) is 32.6 Å². The third kappa shape index (κ3) is 3.82. The molecule has 0 aromatic heterocycles. The minimum absolute atomic E-state index is 1.05. The molecule has 0 aromatic carbocycles. The first-order valence-corrected chi connectivity index (χ1v) is 4.26. The molecule has 0 fully saturated rings. The molecular formula is C11H18. The van der Waals surface area contributed by atoms with Crippen LogP contribution in [0.2, 0.25) is 0 Å². The number of hydrogen-bond donors (Lipinski definition) is 0. The van der Waals surface area contributed by atoms with Gasteiger partial charge in [0.25, 0.3) is 0 Å². The van der Waals surface area contributed by atoms with Crippen molar-refractivity contribution in [3.05, 3.63) is 36.0 Å². The summed E-state index contributed by atoms with van der Waals surface area (Å²) in [5.41, 5.74) is 2.62. The maximum Gasteiger partial charge on any atom is -0.0305 e. The van der Waals surface area contributed by atoms with Crippen molar-refractivity contribution in [3.63, 3.8) is 0 Å². The highest BCUT2D eigenvalue weighted by Gasteiger charge is 1.94. The van der Waals surface area contributed by atoms with Gasteiger partial charge in [0.1, 0.15) is 0 Å². The molecule has 0 aliphatic carbocycles. The summed E-state index contributed by atoms with van der Waals surface area (Å²) in [6.07, 6.45) is 8.39. The molecular weight excluding hydrogens is 132 g/mol. The monoisotopic (exact) mass is 150 g/mol. The molecule has 0 heterocycles. The first-order valence-electron chi connectivity index (χ1n) is 4.26. The Labute approximate surface area is 70.3 Å². The largest absolute Gasteiger partial charge is 0.0956 e. The SMILES string of the molecule is C=C(CC)/C(=C\C=C/C)CC. The number of hydrogen-bond acceptors (Lipinski definition) is 0. The van der Waals surface area contributed by atoms with E-state index in [1.165, 1.54) is 11.1 Å². The summed E-state index contributed by atoms with van der Waals surface area (Å²) >= 11 is 0. The first-order chi connectivity index (χ1) is 5.26. The lowest BCUT2D eigenvalue weighted by Crippen LogP contribution is -1.83. The third-order valence-electron chi connectivity index (χ3n) is 1.75. The van der Waals surface area contributed by atoms with Crippen molar-refractivity contribution in [2.75, 3.05) is 0 Å². The van der Waals surface area contributed by atoms with Gasteiger partial charge < -0.3 is 0 Å². The predicted molar refractivity (Wildman–Crippen MR) is 52.6 cm³/mol. The van der Waals surface area contributed by atoms with Crippen molar-refractivity contribution in [2.24, 2.45) is 0 Å². The second-order valence-corrected chi connectivity index (χ2v) is 2.53. The van der Waals surface area contributed by atoms with Crippen LogP contribution in [0, 0.1) is 0 Å². The molecule has 0 saturated heterocycles. The fourth-order valence-corrected chi connectivity index (χ4v) is 0.925. The van der Waals surface area contributed by atoms with Crippen LogP contribution in [-0.4, -0.2) is 0 Å². The Morgan fingerprint density at radius 1 is 1.27 bits per heavy atom. The fourth-order valence-electron chi connectivity index (χ4n) is 0.925. The van der Waals surface area contributed by atoms with Crippen LogP contribution in [-0.2, 0) is 0 Å². The third-order valence-corrected chi connectivity index (χ3v) is 1.75. The summed E-state index contributed by atoms with van der Waals surface area (Å²) in [5.74, 6) is 0. The van der Waals surface area contributed by atoms with Gasteiger partial charge in [-0.3, -0.25) is 0 Å². The number of rotatable bonds is 4. The average molecular weight is 150 g/mol. The van der Waals surface area contributed by atoms with Gasteiger partial charge in [0.2, 0.25) is 0 Å². The molecule has 0 N–H and O–H groups in total. The number of allylic oxidation sites excluding steroid dienone is 5. The van der Waals surface area contributed by atoms with Crippen LogP contribution in [0.15, 0.2) is 36.0 Å². The van der Waals surface area contributed by atoms with Crippen molar-refractivity contribution >= 4 is 0 Å². The lowest BCUT2D eigenvalue weighted by molar-refractivity contribution is 1.03. The van der Waals surface area contributed by atoms with Crippen LogP contribution in [0.3, 0.4) is 0 Å². The second kappa shape index (κ2) is 5.96. The maximum absolute atomic E-state index is 4.00. The van der Waals surface area contributed by atoms with E-state index in [4.69, 9.17) is 0 Å². The first kappa shape index (κ1) is 10.2. The molecule has 62 valence electrons. The summed E-state index contributed by atoms with van der Waals surface area (Å²) in [5, 5.41) is 0. The van der Waals surface area contributed by atoms with Gasteiger partial charge in [-0.15, -0.1) is 0 Å². The molecule has 0 aromatic rings. The van der Waals surface area contributed by atoms with Gasteiger partial charge in [-0.25, -0.2) is 0 Å². The molecule has 0 amide bonds. The Balaban J connectivity index is 4.26. The molecule has 0 heteroatoms. The van der Waals surface area contributed by atoms with E-state index in [0.29, 0.717) is 0 Å². The van der Waals surface area contributed by atoms with Crippen LogP contribution >= 0.6 is 0 Å². The Morgan fingerprint density at radius 3 is 2.27 bits per heavy atom. The topological polar surface area (TPSA) is 0 Å². The van der Waals surface area contributed by atoms with E-state index in [0.717, 1.165) is 12.8 Å². The van der Waals surface area contributed by atoms with Gasteiger partial charge in [-0.05, 0) is 25.3 Å². The zero-order valence-corrected chi connectivity index (χ0v) is 7.85. The molecule has 11 heavy (non-hydrogen) atoms. The van der Waals surface area contributed by atoms with Gasteiger partial charge in [0.15, 0.2) is 0 Å². The summed E-state index contributed by atoms with van der Waals surface area (Å²) in [4.78, 5) is 0. The Bertz CT molecular complexity index is 170. The van der Waals surface area contributed by atoms with E-state index in [9.17, 15) is 0 Å². The highest BCUT2D eigenvalue weighted by molar-refractivity contribution is 5.30. The van der Waals surface area contributed by atoms with E-state index in [1.54, 1.807) is 0 Å². The molecule has 0 unspecified atom stereocenters. The standard InChI is InChI=1S/C11H18/c1-5-8-9-11(7-3)10(4)6-2/h5,8-9H,4,6-7H2,1-3H3/b8-5-,11-9-. The normalized spacial score (nSPS) is 12.5. The van der Waals surface area contributed by atoms with Crippen molar-refractivity contribution < 1.29 is 0 Å². The zero-order chi connectivity index (χ0) is 8.69. The summed E-state index contributed by atoms with van der Waals surface area (Å²) in [6.45, 7) is 10.3. The lowest BCUT2D eigenvalue weighted by atomic mass is 10.0. The van der Waals surface area contributed by atoms with Crippen LogP contribution in [0.1, 0.15) is 33.6 Å². The highest BCUT2D eigenvalue weighted by Crippen LogP contribution is 2.14. The molecule has 0 saturated carbocycles. The van der Waals surface area contributed by atoms with Gasteiger partial charge in [-0.1, -0.05) is 44.2 Å². The maximum atomic E-state index is 4.00. The summed E-state index contributed by atoms with van der Waals surface area (Å²) in [6, 6.07) is 0. The quantitative estimate of drug-likeness (QED) is 0.534. The Morgan fingerprint density at radius 2 is 1.91 bits per heavy atom. The van der Waals surface area contributed by atoms with E-state index < -0.39 is 0 Å². The average Bonchev–Trinajstić information content (AvgIpc) is 2.05. The van der Waals surface area contributed by atoms with Crippen molar-refractivity contribution in [3.8, 4) is 0 Å². The van der Waals surface area contributed by atoms with Crippen LogP contribution in [0.5, 0.6) is 0 Å². The van der Waals surface area contributed by atoms with Crippen molar-refractivity contribution in [1.82, 2.24) is 0 Å². The van der Waals surface area contributed by atoms with E-state index in [1.807, 2.05) is 13.0 Å². The van der Waals surface area contributed by atoms with Crippen LogP contribution in [0.25, 0.3) is 0 Å². The molecule has 0 nitrogen and oxygen atoms in total.